The third-order valence-corrected chi connectivity index (χ3v) is 5.67. The smallest absolute Gasteiger partial charge is 0.260 e. The van der Waals surface area contributed by atoms with Crippen LogP contribution in [0.4, 0.5) is 0 Å². The lowest BCUT2D eigenvalue weighted by Crippen LogP contribution is -2.41. The van der Waals surface area contributed by atoms with Crippen molar-refractivity contribution in [3.05, 3.63) is 58.3 Å². The Morgan fingerprint density at radius 2 is 2.00 bits per heavy atom. The lowest BCUT2D eigenvalue weighted by Gasteiger charge is -2.32. The first kappa shape index (κ1) is 20.7. The summed E-state index contributed by atoms with van der Waals surface area (Å²) in [6, 6.07) is 10.9. The van der Waals surface area contributed by atoms with Crippen molar-refractivity contribution in [2.45, 2.75) is 38.2 Å². The van der Waals surface area contributed by atoms with Gasteiger partial charge in [0.15, 0.2) is 0 Å². The summed E-state index contributed by atoms with van der Waals surface area (Å²) in [5.74, 6) is 1.49. The highest BCUT2D eigenvalue weighted by atomic mass is 16.5. The fraction of sp³-hybridized carbons (Fsp3) is 0.391. The standard InChI is InChI=1S/C23H25N5O3/c1-27-12-11-19-22(27)25-20(26-23(19)30)3-2-4-21(29)28-13-9-18(10-14-28)31-17-7-5-16(15-24)6-8-17/h5-8,11-12,18H,2-4,9-10,13-14H2,1H3,(H,25,26,30). The molecule has 160 valence electrons. The zero-order chi connectivity index (χ0) is 21.8. The third-order valence-electron chi connectivity index (χ3n) is 5.67. The number of amides is 1. The molecule has 1 aromatic carbocycles. The Hall–Kier alpha value is -3.60. The predicted octanol–water partition coefficient (Wildman–Crippen LogP) is 2.53. The van der Waals surface area contributed by atoms with Crippen LogP contribution in [-0.4, -0.2) is 44.5 Å². The summed E-state index contributed by atoms with van der Waals surface area (Å²) in [6.45, 7) is 1.34. The van der Waals surface area contributed by atoms with Crippen LogP contribution in [0.3, 0.4) is 0 Å². The van der Waals surface area contributed by atoms with Gasteiger partial charge in [0.25, 0.3) is 5.56 Å². The van der Waals surface area contributed by atoms with E-state index >= 15 is 0 Å². The normalized spacial score (nSPS) is 14.5. The number of likely N-dealkylation sites (tertiary alicyclic amines) is 1. The van der Waals surface area contributed by atoms with Crippen molar-refractivity contribution in [2.24, 2.45) is 7.05 Å². The number of nitrogens with one attached hydrogen (secondary N) is 1. The molecule has 3 heterocycles. The van der Waals surface area contributed by atoms with Crippen molar-refractivity contribution in [2.75, 3.05) is 13.1 Å². The quantitative estimate of drug-likeness (QED) is 0.661. The summed E-state index contributed by atoms with van der Waals surface area (Å²) in [6.07, 6.45) is 5.07. The van der Waals surface area contributed by atoms with Gasteiger partial charge in [0, 0.05) is 52.0 Å². The van der Waals surface area contributed by atoms with Crippen LogP contribution in [0.1, 0.15) is 37.1 Å². The van der Waals surface area contributed by atoms with Crippen LogP contribution in [0.5, 0.6) is 5.75 Å². The molecule has 1 aliphatic rings. The van der Waals surface area contributed by atoms with E-state index in [-0.39, 0.29) is 17.6 Å². The number of benzene rings is 1. The lowest BCUT2D eigenvalue weighted by atomic mass is 10.1. The number of fused-ring (bicyclic) bond motifs is 1. The van der Waals surface area contributed by atoms with Crippen LogP contribution < -0.4 is 10.3 Å². The van der Waals surface area contributed by atoms with Gasteiger partial charge in [-0.25, -0.2) is 4.98 Å². The Kier molecular flexibility index (Phi) is 6.03. The zero-order valence-corrected chi connectivity index (χ0v) is 17.5. The molecular formula is C23H25N5O3. The van der Waals surface area contributed by atoms with Crippen LogP contribution in [0.15, 0.2) is 41.3 Å². The number of aromatic nitrogens is 3. The number of hydrogen-bond acceptors (Lipinski definition) is 5. The molecule has 1 fully saturated rings. The highest BCUT2D eigenvalue weighted by Gasteiger charge is 2.23. The van der Waals surface area contributed by atoms with E-state index in [0.29, 0.717) is 54.8 Å². The van der Waals surface area contributed by atoms with Crippen LogP contribution in [-0.2, 0) is 18.3 Å². The molecule has 3 aromatic rings. The van der Waals surface area contributed by atoms with Gasteiger partial charge in [-0.1, -0.05) is 0 Å². The molecule has 31 heavy (non-hydrogen) atoms. The second-order valence-corrected chi connectivity index (χ2v) is 7.86. The molecule has 1 aliphatic heterocycles. The number of nitrogens with zero attached hydrogens (tertiary/aromatic N) is 4. The average Bonchev–Trinajstić information content (AvgIpc) is 3.16. The number of aromatic amines is 1. The molecule has 4 rings (SSSR count). The summed E-state index contributed by atoms with van der Waals surface area (Å²) in [4.78, 5) is 33.9. The van der Waals surface area contributed by atoms with Gasteiger partial charge in [-0.05, 0) is 36.8 Å². The van der Waals surface area contributed by atoms with Gasteiger partial charge in [-0.3, -0.25) is 9.59 Å². The van der Waals surface area contributed by atoms with Crippen LogP contribution >= 0.6 is 0 Å². The molecular weight excluding hydrogens is 394 g/mol. The van der Waals surface area contributed by atoms with Crippen molar-refractivity contribution in [3.8, 4) is 11.8 Å². The zero-order valence-electron chi connectivity index (χ0n) is 17.5. The Morgan fingerprint density at radius 1 is 1.26 bits per heavy atom. The van der Waals surface area contributed by atoms with Gasteiger partial charge in [0.1, 0.15) is 23.3 Å². The fourth-order valence-electron chi connectivity index (χ4n) is 3.90. The summed E-state index contributed by atoms with van der Waals surface area (Å²) in [7, 11) is 1.86. The summed E-state index contributed by atoms with van der Waals surface area (Å²) >= 11 is 0. The van der Waals surface area contributed by atoms with E-state index in [2.05, 4.69) is 16.0 Å². The summed E-state index contributed by atoms with van der Waals surface area (Å²) < 4.78 is 7.80. The largest absolute Gasteiger partial charge is 0.490 e. The minimum atomic E-state index is -0.142. The number of ether oxygens (including phenoxy) is 1. The van der Waals surface area contributed by atoms with Crippen molar-refractivity contribution < 1.29 is 9.53 Å². The van der Waals surface area contributed by atoms with Gasteiger partial charge in [-0.2, -0.15) is 5.26 Å². The highest BCUT2D eigenvalue weighted by Crippen LogP contribution is 2.20. The molecule has 0 radical (unpaired) electrons. The van der Waals surface area contributed by atoms with Gasteiger partial charge in [0.2, 0.25) is 5.91 Å². The van der Waals surface area contributed by atoms with E-state index in [4.69, 9.17) is 10.00 Å². The van der Waals surface area contributed by atoms with E-state index in [9.17, 15) is 9.59 Å². The van der Waals surface area contributed by atoms with Crippen molar-refractivity contribution in [3.63, 3.8) is 0 Å². The van der Waals surface area contributed by atoms with Crippen LogP contribution in [0.25, 0.3) is 11.0 Å². The molecule has 8 heteroatoms. The maximum atomic E-state index is 12.6. The van der Waals surface area contributed by atoms with Gasteiger partial charge >= 0.3 is 0 Å². The Morgan fingerprint density at radius 3 is 2.71 bits per heavy atom. The molecule has 0 unspecified atom stereocenters. The first-order valence-electron chi connectivity index (χ1n) is 10.5. The first-order valence-corrected chi connectivity index (χ1v) is 10.5. The maximum Gasteiger partial charge on any atom is 0.260 e. The minimum Gasteiger partial charge on any atom is -0.490 e. The number of nitriles is 1. The van der Waals surface area contributed by atoms with Crippen LogP contribution in [0, 0.1) is 11.3 Å². The van der Waals surface area contributed by atoms with E-state index in [1.54, 1.807) is 30.3 Å². The molecule has 1 N–H and O–H groups in total. The second-order valence-electron chi connectivity index (χ2n) is 7.86. The lowest BCUT2D eigenvalue weighted by molar-refractivity contribution is -0.133. The Bertz CT molecular complexity index is 1160. The molecule has 0 aliphatic carbocycles. The number of rotatable bonds is 6. The summed E-state index contributed by atoms with van der Waals surface area (Å²) in [5.41, 5.74) is 1.13. The second kappa shape index (κ2) is 9.04. The van der Waals surface area contributed by atoms with E-state index in [1.165, 1.54) is 0 Å². The molecule has 0 atom stereocenters. The molecule has 0 saturated carbocycles. The van der Waals surface area contributed by atoms with Crippen molar-refractivity contribution in [1.82, 2.24) is 19.4 Å². The van der Waals surface area contributed by atoms with Crippen molar-refractivity contribution >= 4 is 16.9 Å². The van der Waals surface area contributed by atoms with Crippen LogP contribution in [0.2, 0.25) is 0 Å². The number of piperidine rings is 1. The fourth-order valence-corrected chi connectivity index (χ4v) is 3.90. The number of carbonyl (C=O) groups is 1. The highest BCUT2D eigenvalue weighted by molar-refractivity contribution is 5.76. The molecule has 0 bridgehead atoms. The topological polar surface area (TPSA) is 104 Å². The third kappa shape index (κ3) is 4.77. The van der Waals surface area contributed by atoms with Crippen molar-refractivity contribution in [1.29, 1.82) is 5.26 Å². The van der Waals surface area contributed by atoms with E-state index in [0.717, 1.165) is 18.6 Å². The predicted molar refractivity (Wildman–Crippen MR) is 116 cm³/mol. The molecule has 1 amide bonds. The van der Waals surface area contributed by atoms with Gasteiger partial charge < -0.3 is 19.2 Å². The maximum absolute atomic E-state index is 12.6. The SMILES string of the molecule is Cn1ccc2c(=O)[nH]c(CCCC(=O)N3CCC(Oc4ccc(C#N)cc4)CC3)nc21. The number of H-pyrrole nitrogens is 1. The van der Waals surface area contributed by atoms with E-state index in [1.807, 2.05) is 22.7 Å². The summed E-state index contributed by atoms with van der Waals surface area (Å²) in [5, 5.41) is 9.44. The molecule has 8 nitrogen and oxygen atoms in total. The monoisotopic (exact) mass is 419 g/mol. The van der Waals surface area contributed by atoms with E-state index < -0.39 is 0 Å². The van der Waals surface area contributed by atoms with Gasteiger partial charge in [0.05, 0.1) is 17.0 Å². The van der Waals surface area contributed by atoms with Gasteiger partial charge in [-0.15, -0.1) is 0 Å². The Labute approximate surface area is 180 Å². The number of aryl methyl sites for hydroxylation is 2. The number of carbonyl (C=O) groups excluding carboxylic acids is 1. The molecule has 0 spiro atoms. The average molecular weight is 419 g/mol. The first-order chi connectivity index (χ1) is 15.0. The molecule has 2 aromatic heterocycles. The minimum absolute atomic E-state index is 0.0725. The number of hydrogen-bond donors (Lipinski definition) is 1. The Balaban J connectivity index is 1.23. The molecule has 1 saturated heterocycles.